The van der Waals surface area contributed by atoms with Crippen LogP contribution in [-0.2, 0) is 9.47 Å². The van der Waals surface area contributed by atoms with Crippen LogP contribution in [0.1, 0.15) is 39.5 Å². The van der Waals surface area contributed by atoms with Crippen molar-refractivity contribution < 1.29 is 9.47 Å². The van der Waals surface area contributed by atoms with Crippen LogP contribution in [0, 0.1) is 0 Å². The molecule has 0 radical (unpaired) electrons. The molecule has 136 valence electrons. The topological polar surface area (TPSA) is 58.1 Å². The number of methoxy groups -OCH3 is 1. The number of ether oxygens (including phenoxy) is 2. The molecule has 1 rings (SSSR count). The van der Waals surface area contributed by atoms with Crippen LogP contribution < -0.4 is 10.6 Å². The Bertz CT molecular complexity index is 313. The largest absolute Gasteiger partial charge is 0.382 e. The zero-order valence-electron chi connectivity index (χ0n) is 15.3. The molecule has 0 saturated carbocycles. The highest BCUT2D eigenvalue weighted by Gasteiger charge is 2.19. The number of rotatable bonds is 11. The lowest BCUT2D eigenvalue weighted by Crippen LogP contribution is -2.42. The van der Waals surface area contributed by atoms with E-state index in [-0.39, 0.29) is 0 Å². The fraction of sp³-hybridized carbons (Fsp3) is 0.941. The minimum atomic E-state index is 0.638. The molecular weight excluding hydrogens is 292 g/mol. The van der Waals surface area contributed by atoms with Gasteiger partial charge in [0.25, 0.3) is 0 Å². The van der Waals surface area contributed by atoms with Crippen LogP contribution in [0.25, 0.3) is 0 Å². The second-order valence-electron chi connectivity index (χ2n) is 5.89. The lowest BCUT2D eigenvalue weighted by Gasteiger charge is -2.34. The van der Waals surface area contributed by atoms with Gasteiger partial charge in [-0.1, -0.05) is 13.3 Å². The summed E-state index contributed by atoms with van der Waals surface area (Å²) >= 11 is 0. The van der Waals surface area contributed by atoms with Gasteiger partial charge < -0.3 is 20.1 Å². The van der Waals surface area contributed by atoms with E-state index in [1.807, 2.05) is 0 Å². The Labute approximate surface area is 142 Å². The molecule has 1 aliphatic rings. The smallest absolute Gasteiger partial charge is 0.191 e. The first-order chi connectivity index (χ1) is 11.3. The van der Waals surface area contributed by atoms with Crippen molar-refractivity contribution in [1.82, 2.24) is 15.5 Å². The van der Waals surface area contributed by atoms with E-state index in [4.69, 9.17) is 9.47 Å². The first kappa shape index (κ1) is 20.2. The SMILES string of the molecule is CCNC(=NCCN1CCCCC1CC)NCCOCCOC. The Morgan fingerprint density at radius 2 is 2.04 bits per heavy atom. The van der Waals surface area contributed by atoms with Gasteiger partial charge in [-0.05, 0) is 32.7 Å². The Morgan fingerprint density at radius 1 is 1.17 bits per heavy atom. The van der Waals surface area contributed by atoms with Gasteiger partial charge in [-0.15, -0.1) is 0 Å². The van der Waals surface area contributed by atoms with E-state index in [0.29, 0.717) is 19.8 Å². The van der Waals surface area contributed by atoms with Crippen LogP contribution in [0.3, 0.4) is 0 Å². The molecule has 0 aromatic heterocycles. The maximum Gasteiger partial charge on any atom is 0.191 e. The molecule has 1 heterocycles. The average molecular weight is 329 g/mol. The second kappa shape index (κ2) is 13.6. The van der Waals surface area contributed by atoms with E-state index < -0.39 is 0 Å². The van der Waals surface area contributed by atoms with E-state index in [9.17, 15) is 0 Å². The van der Waals surface area contributed by atoms with Crippen LogP contribution in [0.5, 0.6) is 0 Å². The molecule has 0 aliphatic carbocycles. The van der Waals surface area contributed by atoms with Gasteiger partial charge in [-0.25, -0.2) is 0 Å². The quantitative estimate of drug-likeness (QED) is 0.342. The van der Waals surface area contributed by atoms with Crippen LogP contribution in [0.4, 0.5) is 0 Å². The number of hydrogen-bond acceptors (Lipinski definition) is 4. The van der Waals surface area contributed by atoms with E-state index in [1.54, 1.807) is 7.11 Å². The Hall–Kier alpha value is -0.850. The minimum Gasteiger partial charge on any atom is -0.382 e. The van der Waals surface area contributed by atoms with Gasteiger partial charge >= 0.3 is 0 Å². The molecule has 1 aliphatic heterocycles. The number of guanidine groups is 1. The fourth-order valence-corrected chi connectivity index (χ4v) is 2.93. The highest BCUT2D eigenvalue weighted by molar-refractivity contribution is 5.79. The van der Waals surface area contributed by atoms with E-state index in [1.165, 1.54) is 32.2 Å². The van der Waals surface area contributed by atoms with Crippen molar-refractivity contribution >= 4 is 5.96 Å². The van der Waals surface area contributed by atoms with Gasteiger partial charge in [-0.2, -0.15) is 0 Å². The number of likely N-dealkylation sites (tertiary alicyclic amines) is 1. The maximum atomic E-state index is 5.45. The minimum absolute atomic E-state index is 0.638. The summed E-state index contributed by atoms with van der Waals surface area (Å²) in [6.45, 7) is 11.1. The van der Waals surface area contributed by atoms with Crippen molar-refractivity contribution in [3.63, 3.8) is 0 Å². The van der Waals surface area contributed by atoms with Crippen molar-refractivity contribution in [2.75, 3.05) is 59.7 Å². The molecular formula is C17H36N4O2. The van der Waals surface area contributed by atoms with Crippen LogP contribution in [0.2, 0.25) is 0 Å². The summed E-state index contributed by atoms with van der Waals surface area (Å²) in [5.41, 5.74) is 0. The average Bonchev–Trinajstić information content (AvgIpc) is 2.58. The van der Waals surface area contributed by atoms with Crippen LogP contribution in [-0.4, -0.2) is 76.6 Å². The van der Waals surface area contributed by atoms with Crippen LogP contribution >= 0.6 is 0 Å². The van der Waals surface area contributed by atoms with Crippen molar-refractivity contribution in [2.24, 2.45) is 4.99 Å². The molecule has 0 amide bonds. The molecule has 0 spiro atoms. The first-order valence-corrected chi connectivity index (χ1v) is 9.14. The summed E-state index contributed by atoms with van der Waals surface area (Å²) in [7, 11) is 1.68. The Kier molecular flexibility index (Phi) is 11.9. The summed E-state index contributed by atoms with van der Waals surface area (Å²) in [5, 5.41) is 6.60. The molecule has 1 unspecified atom stereocenters. The number of nitrogens with one attached hydrogen (secondary N) is 2. The molecule has 0 aromatic rings. The summed E-state index contributed by atoms with van der Waals surface area (Å²) in [4.78, 5) is 7.28. The van der Waals surface area contributed by atoms with E-state index in [2.05, 4.69) is 34.4 Å². The standard InChI is InChI=1S/C17H36N4O2/c1-4-16-8-6-7-11-21(16)12-9-19-17(18-5-2)20-10-13-23-15-14-22-3/h16H,4-15H2,1-3H3,(H2,18,19,20). The summed E-state index contributed by atoms with van der Waals surface area (Å²) < 4.78 is 10.4. The van der Waals surface area contributed by atoms with Gasteiger partial charge in [0.15, 0.2) is 5.96 Å². The maximum absolute atomic E-state index is 5.45. The van der Waals surface area contributed by atoms with Gasteiger partial charge in [0, 0.05) is 32.8 Å². The van der Waals surface area contributed by atoms with E-state index >= 15 is 0 Å². The normalized spacial score (nSPS) is 19.8. The molecule has 6 heteroatoms. The van der Waals surface area contributed by atoms with Gasteiger partial charge in [-0.3, -0.25) is 9.89 Å². The molecule has 1 fully saturated rings. The Balaban J connectivity index is 2.24. The monoisotopic (exact) mass is 328 g/mol. The molecule has 6 nitrogen and oxygen atoms in total. The zero-order valence-corrected chi connectivity index (χ0v) is 15.3. The summed E-state index contributed by atoms with van der Waals surface area (Å²) in [5.74, 6) is 0.882. The van der Waals surface area contributed by atoms with E-state index in [0.717, 1.165) is 38.2 Å². The van der Waals surface area contributed by atoms with Crippen LogP contribution in [0.15, 0.2) is 4.99 Å². The molecule has 1 saturated heterocycles. The molecule has 2 N–H and O–H groups in total. The second-order valence-corrected chi connectivity index (χ2v) is 5.89. The van der Waals surface area contributed by atoms with Crippen molar-refractivity contribution in [1.29, 1.82) is 0 Å². The number of nitrogens with zero attached hydrogens (tertiary/aromatic N) is 2. The zero-order chi connectivity index (χ0) is 16.8. The third-order valence-electron chi connectivity index (χ3n) is 4.19. The molecule has 1 atom stereocenters. The third-order valence-corrected chi connectivity index (χ3v) is 4.19. The first-order valence-electron chi connectivity index (χ1n) is 9.14. The highest BCUT2D eigenvalue weighted by Crippen LogP contribution is 2.18. The van der Waals surface area contributed by atoms with Gasteiger partial charge in [0.1, 0.15) is 0 Å². The predicted molar refractivity (Wildman–Crippen MR) is 96.2 cm³/mol. The summed E-state index contributed by atoms with van der Waals surface area (Å²) in [6, 6.07) is 0.753. The lowest BCUT2D eigenvalue weighted by atomic mass is 10.0. The van der Waals surface area contributed by atoms with Gasteiger partial charge in [0.2, 0.25) is 0 Å². The number of piperidine rings is 1. The third kappa shape index (κ3) is 9.13. The molecule has 0 bridgehead atoms. The highest BCUT2D eigenvalue weighted by atomic mass is 16.5. The predicted octanol–water partition coefficient (Wildman–Crippen LogP) is 1.47. The van der Waals surface area contributed by atoms with Gasteiger partial charge in [0.05, 0.1) is 26.4 Å². The molecule has 23 heavy (non-hydrogen) atoms. The summed E-state index contributed by atoms with van der Waals surface area (Å²) in [6.07, 6.45) is 5.31. The lowest BCUT2D eigenvalue weighted by molar-refractivity contribution is 0.0733. The fourth-order valence-electron chi connectivity index (χ4n) is 2.93. The molecule has 0 aromatic carbocycles. The Morgan fingerprint density at radius 3 is 2.78 bits per heavy atom. The van der Waals surface area contributed by atoms with Crippen molar-refractivity contribution in [2.45, 2.75) is 45.6 Å². The number of aliphatic imine (C=N–C) groups is 1. The number of hydrogen-bond donors (Lipinski definition) is 2. The van der Waals surface area contributed by atoms with Crippen molar-refractivity contribution in [3.8, 4) is 0 Å². The van der Waals surface area contributed by atoms with Crippen molar-refractivity contribution in [3.05, 3.63) is 0 Å².